The molecule has 1 aliphatic carbocycles. The Morgan fingerprint density at radius 3 is 2.45 bits per heavy atom. The summed E-state index contributed by atoms with van der Waals surface area (Å²) < 4.78 is 6.37. The predicted octanol–water partition coefficient (Wildman–Crippen LogP) is 3.65. The lowest BCUT2D eigenvalue weighted by atomic mass is 10.2. The Morgan fingerprint density at radius 2 is 1.80 bits per heavy atom. The minimum atomic E-state index is -0.218. The van der Waals surface area contributed by atoms with E-state index in [9.17, 15) is 4.79 Å². The molecular weight excluding hydrogens is 320 g/mol. The summed E-state index contributed by atoms with van der Waals surface area (Å²) in [5.41, 5.74) is 3.67. The third kappa shape index (κ3) is 5.33. The highest BCUT2D eigenvalue weighted by atomic mass is 79.9. The van der Waals surface area contributed by atoms with Gasteiger partial charge >= 0.3 is 0 Å². The Bertz CT molecular complexity index is 461. The average molecular weight is 339 g/mol. The first-order valence-corrected chi connectivity index (χ1v) is 7.76. The lowest BCUT2D eigenvalue weighted by molar-refractivity contribution is -0.123. The van der Waals surface area contributed by atoms with Crippen molar-refractivity contribution in [3.8, 4) is 5.75 Å². The number of carbonyl (C=O) groups excluding carboxylic acids is 1. The van der Waals surface area contributed by atoms with Gasteiger partial charge in [0.1, 0.15) is 5.75 Å². The molecule has 0 aliphatic heterocycles. The van der Waals surface area contributed by atoms with Crippen LogP contribution in [0.4, 0.5) is 0 Å². The van der Waals surface area contributed by atoms with E-state index in [1.165, 1.54) is 25.7 Å². The Morgan fingerprint density at radius 1 is 1.15 bits per heavy atom. The normalized spacial score (nSPS) is 15.3. The number of carbonyl (C=O) groups is 1. The van der Waals surface area contributed by atoms with Gasteiger partial charge in [0.25, 0.3) is 5.91 Å². The second kappa shape index (κ2) is 8.04. The number of hydrogen-bond donors (Lipinski definition) is 1. The zero-order valence-corrected chi connectivity index (χ0v) is 13.0. The molecule has 0 atom stereocenters. The summed E-state index contributed by atoms with van der Waals surface area (Å²) in [7, 11) is 0. The molecule has 1 fully saturated rings. The SMILES string of the molecule is O=C(COc1ccc(Br)cc1)NN=C1CCCCCC1. The zero-order chi connectivity index (χ0) is 14.2. The highest BCUT2D eigenvalue weighted by Crippen LogP contribution is 2.16. The first-order chi connectivity index (χ1) is 9.74. The molecule has 0 saturated heterocycles. The van der Waals surface area contributed by atoms with Gasteiger partial charge in [-0.2, -0.15) is 5.10 Å². The van der Waals surface area contributed by atoms with Crippen LogP contribution in [0.25, 0.3) is 0 Å². The van der Waals surface area contributed by atoms with Crippen LogP contribution in [0.5, 0.6) is 5.75 Å². The Kier molecular flexibility index (Phi) is 6.05. The number of benzene rings is 1. The summed E-state index contributed by atoms with van der Waals surface area (Å²) in [5.74, 6) is 0.454. The second-order valence-electron chi connectivity index (χ2n) is 4.87. The van der Waals surface area contributed by atoms with Crippen molar-refractivity contribution in [1.29, 1.82) is 0 Å². The smallest absolute Gasteiger partial charge is 0.277 e. The van der Waals surface area contributed by atoms with Crippen molar-refractivity contribution in [2.45, 2.75) is 38.5 Å². The van der Waals surface area contributed by atoms with Crippen LogP contribution in [0.1, 0.15) is 38.5 Å². The fraction of sp³-hybridized carbons (Fsp3) is 0.467. The molecule has 1 amide bonds. The van der Waals surface area contributed by atoms with Gasteiger partial charge in [-0.25, -0.2) is 5.43 Å². The minimum Gasteiger partial charge on any atom is -0.484 e. The summed E-state index contributed by atoms with van der Waals surface area (Å²) in [6.07, 6.45) is 6.86. The van der Waals surface area contributed by atoms with E-state index in [0.717, 1.165) is 23.0 Å². The number of ether oxygens (including phenoxy) is 1. The maximum atomic E-state index is 11.7. The van der Waals surface area contributed by atoms with Crippen LogP contribution in [-0.4, -0.2) is 18.2 Å². The van der Waals surface area contributed by atoms with Crippen LogP contribution >= 0.6 is 15.9 Å². The van der Waals surface area contributed by atoms with E-state index in [0.29, 0.717) is 5.75 Å². The Balaban J connectivity index is 1.74. The summed E-state index contributed by atoms with van der Waals surface area (Å²) >= 11 is 3.35. The number of amides is 1. The van der Waals surface area contributed by atoms with Crippen LogP contribution in [0.3, 0.4) is 0 Å². The summed E-state index contributed by atoms with van der Waals surface area (Å²) in [6.45, 7) is -0.0155. The van der Waals surface area contributed by atoms with Crippen molar-refractivity contribution in [1.82, 2.24) is 5.43 Å². The minimum absolute atomic E-state index is 0.0155. The number of nitrogens with zero attached hydrogens (tertiary/aromatic N) is 1. The van der Waals surface area contributed by atoms with Gasteiger partial charge in [-0.05, 0) is 49.9 Å². The maximum Gasteiger partial charge on any atom is 0.277 e. The molecule has 4 nitrogen and oxygen atoms in total. The Labute approximate surface area is 127 Å². The van der Waals surface area contributed by atoms with E-state index >= 15 is 0 Å². The molecule has 1 N–H and O–H groups in total. The number of halogens is 1. The van der Waals surface area contributed by atoms with E-state index < -0.39 is 0 Å². The number of hydrogen-bond acceptors (Lipinski definition) is 3. The first kappa shape index (κ1) is 15.0. The fourth-order valence-electron chi connectivity index (χ4n) is 2.10. The molecule has 0 radical (unpaired) electrons. The average Bonchev–Trinajstić information content (AvgIpc) is 2.73. The van der Waals surface area contributed by atoms with Crippen LogP contribution in [0, 0.1) is 0 Å². The maximum absolute atomic E-state index is 11.7. The second-order valence-corrected chi connectivity index (χ2v) is 5.79. The molecule has 0 unspecified atom stereocenters. The van der Waals surface area contributed by atoms with Crippen molar-refractivity contribution in [2.75, 3.05) is 6.61 Å². The van der Waals surface area contributed by atoms with Crippen LogP contribution in [0.15, 0.2) is 33.8 Å². The van der Waals surface area contributed by atoms with Crippen LogP contribution in [-0.2, 0) is 4.79 Å². The summed E-state index contributed by atoms with van der Waals surface area (Å²) in [5, 5.41) is 4.20. The number of nitrogens with one attached hydrogen (secondary N) is 1. The van der Waals surface area contributed by atoms with Gasteiger partial charge in [-0.3, -0.25) is 4.79 Å². The van der Waals surface area contributed by atoms with Crippen molar-refractivity contribution in [3.05, 3.63) is 28.7 Å². The number of rotatable bonds is 4. The first-order valence-electron chi connectivity index (χ1n) is 6.97. The van der Waals surface area contributed by atoms with E-state index in [1.807, 2.05) is 24.3 Å². The standard InChI is InChI=1S/C15H19BrN2O2/c16-12-7-9-14(10-8-12)20-11-15(19)18-17-13-5-3-1-2-4-6-13/h7-10H,1-6,11H2,(H,18,19). The van der Waals surface area contributed by atoms with Gasteiger partial charge in [-0.15, -0.1) is 0 Å². The largest absolute Gasteiger partial charge is 0.484 e. The molecule has 0 heterocycles. The molecule has 1 aliphatic rings. The molecule has 5 heteroatoms. The lowest BCUT2D eigenvalue weighted by Crippen LogP contribution is -2.25. The molecule has 1 aromatic rings. The molecule has 0 aromatic heterocycles. The van der Waals surface area contributed by atoms with Gasteiger partial charge in [-0.1, -0.05) is 28.8 Å². The van der Waals surface area contributed by atoms with Crippen molar-refractivity contribution >= 4 is 27.5 Å². The van der Waals surface area contributed by atoms with Crippen LogP contribution in [0.2, 0.25) is 0 Å². The molecule has 1 saturated carbocycles. The van der Waals surface area contributed by atoms with Crippen molar-refractivity contribution < 1.29 is 9.53 Å². The molecule has 108 valence electrons. The monoisotopic (exact) mass is 338 g/mol. The Hall–Kier alpha value is -1.36. The van der Waals surface area contributed by atoms with Crippen LogP contribution < -0.4 is 10.2 Å². The number of hydrazone groups is 1. The third-order valence-electron chi connectivity index (χ3n) is 3.20. The quantitative estimate of drug-likeness (QED) is 0.672. The van der Waals surface area contributed by atoms with E-state index in [-0.39, 0.29) is 12.5 Å². The fourth-order valence-corrected chi connectivity index (χ4v) is 2.37. The van der Waals surface area contributed by atoms with Gasteiger partial charge in [0.2, 0.25) is 0 Å². The molecule has 0 spiro atoms. The van der Waals surface area contributed by atoms with E-state index in [4.69, 9.17) is 4.74 Å². The van der Waals surface area contributed by atoms with E-state index in [1.54, 1.807) is 0 Å². The van der Waals surface area contributed by atoms with Gasteiger partial charge in [0, 0.05) is 10.2 Å². The lowest BCUT2D eigenvalue weighted by Gasteiger charge is -2.06. The molecule has 20 heavy (non-hydrogen) atoms. The summed E-state index contributed by atoms with van der Waals surface area (Å²) in [4.78, 5) is 11.7. The summed E-state index contributed by atoms with van der Waals surface area (Å²) in [6, 6.07) is 7.38. The third-order valence-corrected chi connectivity index (χ3v) is 3.73. The van der Waals surface area contributed by atoms with Gasteiger partial charge < -0.3 is 4.74 Å². The highest BCUT2D eigenvalue weighted by Gasteiger charge is 2.07. The predicted molar refractivity (Wildman–Crippen MR) is 82.9 cm³/mol. The van der Waals surface area contributed by atoms with E-state index in [2.05, 4.69) is 26.5 Å². The molecule has 0 bridgehead atoms. The highest BCUT2D eigenvalue weighted by molar-refractivity contribution is 9.10. The van der Waals surface area contributed by atoms with Crippen molar-refractivity contribution in [3.63, 3.8) is 0 Å². The molecule has 1 aromatic carbocycles. The molecule has 2 rings (SSSR count). The van der Waals surface area contributed by atoms with Gasteiger partial charge in [0.15, 0.2) is 6.61 Å². The topological polar surface area (TPSA) is 50.7 Å². The van der Waals surface area contributed by atoms with Gasteiger partial charge in [0.05, 0.1) is 0 Å². The zero-order valence-electron chi connectivity index (χ0n) is 11.4. The van der Waals surface area contributed by atoms with Crippen molar-refractivity contribution in [2.24, 2.45) is 5.10 Å². The molecular formula is C15H19BrN2O2.